The van der Waals surface area contributed by atoms with E-state index in [9.17, 15) is 9.59 Å². The highest BCUT2D eigenvalue weighted by Crippen LogP contribution is 2.37. The van der Waals surface area contributed by atoms with Crippen LogP contribution in [0, 0.1) is 0 Å². The number of benzene rings is 2. The predicted octanol–water partition coefficient (Wildman–Crippen LogP) is 3.41. The summed E-state index contributed by atoms with van der Waals surface area (Å²) in [5.41, 5.74) is 3.30. The average molecular weight is 466 g/mol. The van der Waals surface area contributed by atoms with E-state index in [1.165, 1.54) is 5.01 Å². The maximum absolute atomic E-state index is 11.6. The molecule has 1 aliphatic rings. The van der Waals surface area contributed by atoms with Gasteiger partial charge in [-0.1, -0.05) is 17.3 Å². The largest absolute Gasteiger partial charge is 0.490 e. The first-order valence-corrected chi connectivity index (χ1v) is 11.1. The highest BCUT2D eigenvalue weighted by Gasteiger charge is 2.28. The molecule has 0 fully saturated rings. The summed E-state index contributed by atoms with van der Waals surface area (Å²) in [6.45, 7) is 5.47. The Hall–Kier alpha value is -4.08. The molecule has 0 aliphatic carbocycles. The van der Waals surface area contributed by atoms with Crippen LogP contribution in [0.25, 0.3) is 22.8 Å². The Morgan fingerprint density at radius 1 is 1.21 bits per heavy atom. The van der Waals surface area contributed by atoms with Crippen LogP contribution in [0.5, 0.6) is 11.5 Å². The van der Waals surface area contributed by atoms with E-state index < -0.39 is 5.97 Å². The maximum Gasteiger partial charge on any atom is 0.305 e. The second kappa shape index (κ2) is 10.2. The number of amides is 1. The van der Waals surface area contributed by atoms with E-state index in [-0.39, 0.29) is 13.0 Å². The van der Waals surface area contributed by atoms with Crippen molar-refractivity contribution in [2.24, 2.45) is 0 Å². The molecule has 1 amide bonds. The Bertz CT molecular complexity index is 1180. The minimum absolute atomic E-state index is 0.0920. The van der Waals surface area contributed by atoms with E-state index in [1.807, 2.05) is 50.2 Å². The number of carbonyl (C=O) groups excluding carboxylic acids is 1. The number of carbonyl (C=O) groups is 2. The Morgan fingerprint density at radius 2 is 2.00 bits per heavy atom. The lowest BCUT2D eigenvalue weighted by Gasteiger charge is -2.30. The van der Waals surface area contributed by atoms with Crippen LogP contribution in [-0.4, -0.2) is 58.9 Å². The summed E-state index contributed by atoms with van der Waals surface area (Å²) in [6.07, 6.45) is 1.17. The molecule has 1 aliphatic heterocycles. The lowest BCUT2D eigenvalue weighted by molar-refractivity contribution is -0.137. The molecule has 0 saturated carbocycles. The number of carboxylic acids is 1. The van der Waals surface area contributed by atoms with Crippen LogP contribution in [0.3, 0.4) is 0 Å². The number of carboxylic acid groups (broad SMARTS) is 1. The summed E-state index contributed by atoms with van der Waals surface area (Å²) in [5, 5.41) is 16.3. The molecule has 4 rings (SSSR count). The Kier molecular flexibility index (Phi) is 6.95. The lowest BCUT2D eigenvalue weighted by atomic mass is 10.0. The van der Waals surface area contributed by atoms with Crippen molar-refractivity contribution in [1.82, 2.24) is 15.1 Å². The molecular weight excluding hydrogens is 440 g/mol. The molecule has 1 N–H and O–H groups in total. The number of hydrazine groups is 1. The first-order valence-electron chi connectivity index (χ1n) is 11.1. The van der Waals surface area contributed by atoms with Crippen LogP contribution in [0.4, 0.5) is 5.69 Å². The Labute approximate surface area is 196 Å². The molecular formula is C24H26N4O6. The van der Waals surface area contributed by atoms with Gasteiger partial charge in [-0.15, -0.1) is 0 Å². The third-order valence-corrected chi connectivity index (χ3v) is 5.45. The summed E-state index contributed by atoms with van der Waals surface area (Å²) in [7, 11) is 0. The number of nitrogens with zero attached hydrogens (tertiary/aromatic N) is 4. The molecule has 0 spiro atoms. The van der Waals surface area contributed by atoms with E-state index in [0.717, 1.165) is 16.8 Å². The number of hydrogen-bond acceptors (Lipinski definition) is 8. The van der Waals surface area contributed by atoms with Gasteiger partial charge in [-0.3, -0.25) is 19.6 Å². The number of aromatic nitrogens is 2. The van der Waals surface area contributed by atoms with Crippen molar-refractivity contribution in [3.05, 3.63) is 42.0 Å². The minimum atomic E-state index is -0.957. The van der Waals surface area contributed by atoms with Gasteiger partial charge in [0.1, 0.15) is 0 Å². The summed E-state index contributed by atoms with van der Waals surface area (Å²) < 4.78 is 16.9. The first kappa shape index (κ1) is 23.1. The fraction of sp³-hybridized carbons (Fsp3) is 0.333. The molecule has 3 aromatic rings. The zero-order valence-corrected chi connectivity index (χ0v) is 19.1. The molecule has 34 heavy (non-hydrogen) atoms. The zero-order chi connectivity index (χ0) is 24.1. The molecule has 0 saturated heterocycles. The Balaban J connectivity index is 1.62. The van der Waals surface area contributed by atoms with E-state index >= 15 is 0 Å². The van der Waals surface area contributed by atoms with Gasteiger partial charge in [0.05, 0.1) is 31.9 Å². The standard InChI is InChI=1S/C24H26N4O6/c1-3-32-20-9-8-16(14-21(20)33-4-2)24-25-23(26-34-24)18-6-5-7-19-17(18)10-13-28(19)27(15-29)12-11-22(30)31/h5-9,14-15H,3-4,10-13H2,1-2H3,(H,30,31). The molecule has 178 valence electrons. The van der Waals surface area contributed by atoms with Crippen LogP contribution in [-0.2, 0) is 16.0 Å². The van der Waals surface area contributed by atoms with Crippen molar-refractivity contribution in [1.29, 1.82) is 0 Å². The number of ether oxygens (including phenoxy) is 2. The fourth-order valence-corrected chi connectivity index (χ4v) is 3.97. The predicted molar refractivity (Wildman–Crippen MR) is 124 cm³/mol. The number of aliphatic carboxylic acids is 1. The maximum atomic E-state index is 11.6. The van der Waals surface area contributed by atoms with Crippen molar-refractivity contribution in [3.8, 4) is 34.3 Å². The summed E-state index contributed by atoms with van der Waals surface area (Å²) >= 11 is 0. The van der Waals surface area contributed by atoms with Gasteiger partial charge >= 0.3 is 5.97 Å². The summed E-state index contributed by atoms with van der Waals surface area (Å²) in [6, 6.07) is 11.1. The van der Waals surface area contributed by atoms with Crippen molar-refractivity contribution >= 4 is 18.1 Å². The summed E-state index contributed by atoms with van der Waals surface area (Å²) in [4.78, 5) is 27.1. The van der Waals surface area contributed by atoms with Crippen LogP contribution >= 0.6 is 0 Å². The van der Waals surface area contributed by atoms with Gasteiger partial charge in [-0.25, -0.2) is 0 Å². The molecule has 10 nitrogen and oxygen atoms in total. The van der Waals surface area contributed by atoms with Gasteiger partial charge in [0.25, 0.3) is 5.89 Å². The van der Waals surface area contributed by atoms with E-state index in [2.05, 4.69) is 10.1 Å². The van der Waals surface area contributed by atoms with Gasteiger partial charge in [-0.05, 0) is 50.1 Å². The number of anilines is 1. The molecule has 0 atom stereocenters. The zero-order valence-electron chi connectivity index (χ0n) is 19.1. The normalized spacial score (nSPS) is 12.4. The topological polar surface area (TPSA) is 118 Å². The van der Waals surface area contributed by atoms with Gasteiger partial charge in [-0.2, -0.15) is 4.98 Å². The van der Waals surface area contributed by atoms with Crippen molar-refractivity contribution < 1.29 is 28.7 Å². The molecule has 1 aromatic heterocycles. The highest BCUT2D eigenvalue weighted by molar-refractivity contribution is 5.75. The monoisotopic (exact) mass is 466 g/mol. The lowest BCUT2D eigenvalue weighted by Crippen LogP contribution is -2.42. The third-order valence-electron chi connectivity index (χ3n) is 5.45. The number of fused-ring (bicyclic) bond motifs is 1. The molecule has 2 heterocycles. The molecule has 0 radical (unpaired) electrons. The average Bonchev–Trinajstić information content (AvgIpc) is 3.49. The molecule has 0 bridgehead atoms. The van der Waals surface area contributed by atoms with Crippen molar-refractivity contribution in [2.75, 3.05) is 31.3 Å². The first-order chi connectivity index (χ1) is 16.5. The van der Waals surface area contributed by atoms with Crippen LogP contribution in [0.15, 0.2) is 40.9 Å². The molecule has 0 unspecified atom stereocenters. The van der Waals surface area contributed by atoms with E-state index in [4.69, 9.17) is 19.1 Å². The SMILES string of the molecule is CCOc1ccc(-c2nc(-c3cccc4c3CCN4N(C=O)CCC(=O)O)no2)cc1OCC. The van der Waals surface area contributed by atoms with Gasteiger partial charge < -0.3 is 19.1 Å². The van der Waals surface area contributed by atoms with Gasteiger partial charge in [0, 0.05) is 17.7 Å². The van der Waals surface area contributed by atoms with Gasteiger partial charge in [0.15, 0.2) is 11.5 Å². The van der Waals surface area contributed by atoms with Crippen LogP contribution < -0.4 is 14.5 Å². The minimum Gasteiger partial charge on any atom is -0.490 e. The smallest absolute Gasteiger partial charge is 0.305 e. The molecule has 2 aromatic carbocycles. The van der Waals surface area contributed by atoms with E-state index in [1.54, 1.807) is 5.01 Å². The van der Waals surface area contributed by atoms with Crippen LogP contribution in [0.2, 0.25) is 0 Å². The fourth-order valence-electron chi connectivity index (χ4n) is 3.97. The second-order valence-electron chi connectivity index (χ2n) is 7.54. The Morgan fingerprint density at radius 3 is 2.74 bits per heavy atom. The number of rotatable bonds is 11. The number of hydrogen-bond donors (Lipinski definition) is 1. The van der Waals surface area contributed by atoms with Gasteiger partial charge in [0.2, 0.25) is 12.2 Å². The third kappa shape index (κ3) is 4.66. The second-order valence-corrected chi connectivity index (χ2v) is 7.54. The van der Waals surface area contributed by atoms with E-state index in [0.29, 0.717) is 61.4 Å². The highest BCUT2D eigenvalue weighted by atomic mass is 16.5. The molecule has 10 heteroatoms. The van der Waals surface area contributed by atoms with Crippen molar-refractivity contribution in [3.63, 3.8) is 0 Å². The summed E-state index contributed by atoms with van der Waals surface area (Å²) in [5.74, 6) is 1.08. The van der Waals surface area contributed by atoms with Crippen molar-refractivity contribution in [2.45, 2.75) is 26.7 Å². The van der Waals surface area contributed by atoms with Crippen LogP contribution in [0.1, 0.15) is 25.8 Å². The quantitative estimate of drug-likeness (QED) is 0.424.